The number of nitrogens with zero attached hydrogens (tertiary/aromatic N) is 1. The fourth-order valence-electron chi connectivity index (χ4n) is 2.40. The van der Waals surface area contributed by atoms with E-state index in [1.807, 2.05) is 25.2 Å². The minimum Gasteiger partial charge on any atom is -0.373 e. The summed E-state index contributed by atoms with van der Waals surface area (Å²) in [6.45, 7) is 3.56. The van der Waals surface area contributed by atoms with Gasteiger partial charge in [0.2, 0.25) is 5.91 Å². The van der Waals surface area contributed by atoms with E-state index in [4.69, 9.17) is 0 Å². The van der Waals surface area contributed by atoms with Crippen LogP contribution in [0.15, 0.2) is 30.3 Å². The SMILES string of the molecule is CN(CCNC(=O)CC1CCNC1)c1ccccc1. The van der Waals surface area contributed by atoms with Crippen LogP contribution in [0.4, 0.5) is 5.69 Å². The van der Waals surface area contributed by atoms with E-state index in [0.29, 0.717) is 18.9 Å². The van der Waals surface area contributed by atoms with Gasteiger partial charge in [0.15, 0.2) is 0 Å². The summed E-state index contributed by atoms with van der Waals surface area (Å²) in [4.78, 5) is 13.9. The van der Waals surface area contributed by atoms with Gasteiger partial charge in [-0.1, -0.05) is 18.2 Å². The van der Waals surface area contributed by atoms with E-state index in [-0.39, 0.29) is 5.91 Å². The van der Waals surface area contributed by atoms with E-state index in [2.05, 4.69) is 27.7 Å². The molecular weight excluding hydrogens is 238 g/mol. The van der Waals surface area contributed by atoms with Crippen molar-refractivity contribution in [3.05, 3.63) is 30.3 Å². The number of nitrogens with one attached hydrogen (secondary N) is 2. The topological polar surface area (TPSA) is 44.4 Å². The molecule has 1 amide bonds. The highest BCUT2D eigenvalue weighted by atomic mass is 16.1. The van der Waals surface area contributed by atoms with E-state index in [9.17, 15) is 4.79 Å². The van der Waals surface area contributed by atoms with Crippen molar-refractivity contribution in [3.8, 4) is 0 Å². The zero-order valence-electron chi connectivity index (χ0n) is 11.6. The van der Waals surface area contributed by atoms with Crippen LogP contribution in [0.2, 0.25) is 0 Å². The van der Waals surface area contributed by atoms with Crippen molar-refractivity contribution in [2.75, 3.05) is 38.1 Å². The number of carbonyl (C=O) groups is 1. The monoisotopic (exact) mass is 261 g/mol. The number of carbonyl (C=O) groups excluding carboxylic acids is 1. The molecule has 1 aromatic carbocycles. The van der Waals surface area contributed by atoms with Crippen LogP contribution < -0.4 is 15.5 Å². The summed E-state index contributed by atoms with van der Waals surface area (Å²) < 4.78 is 0. The molecule has 1 aliphatic heterocycles. The van der Waals surface area contributed by atoms with Crippen molar-refractivity contribution in [2.24, 2.45) is 5.92 Å². The molecule has 1 aromatic rings. The second kappa shape index (κ2) is 7.14. The van der Waals surface area contributed by atoms with Crippen molar-refractivity contribution in [3.63, 3.8) is 0 Å². The first-order valence-corrected chi connectivity index (χ1v) is 6.99. The van der Waals surface area contributed by atoms with Crippen LogP contribution in [0.1, 0.15) is 12.8 Å². The molecule has 1 fully saturated rings. The fraction of sp³-hybridized carbons (Fsp3) is 0.533. The van der Waals surface area contributed by atoms with E-state index in [1.165, 1.54) is 5.69 Å². The van der Waals surface area contributed by atoms with Crippen LogP contribution in [-0.4, -0.2) is 39.1 Å². The fourth-order valence-corrected chi connectivity index (χ4v) is 2.40. The number of hydrogen-bond acceptors (Lipinski definition) is 3. The molecule has 0 spiro atoms. The molecule has 2 N–H and O–H groups in total. The Morgan fingerprint density at radius 2 is 2.21 bits per heavy atom. The Morgan fingerprint density at radius 3 is 2.89 bits per heavy atom. The lowest BCUT2D eigenvalue weighted by atomic mass is 10.0. The molecular formula is C15H23N3O. The maximum Gasteiger partial charge on any atom is 0.220 e. The van der Waals surface area contributed by atoms with Crippen LogP contribution >= 0.6 is 0 Å². The van der Waals surface area contributed by atoms with Gasteiger partial charge < -0.3 is 15.5 Å². The van der Waals surface area contributed by atoms with E-state index >= 15 is 0 Å². The second-order valence-electron chi connectivity index (χ2n) is 5.17. The molecule has 1 saturated heterocycles. The Bertz CT molecular complexity index is 388. The Hall–Kier alpha value is -1.55. The van der Waals surface area contributed by atoms with Crippen molar-refractivity contribution in [1.82, 2.24) is 10.6 Å². The Kier molecular flexibility index (Phi) is 5.21. The predicted molar refractivity (Wildman–Crippen MR) is 78.3 cm³/mol. The van der Waals surface area contributed by atoms with Gasteiger partial charge in [-0.25, -0.2) is 0 Å². The Labute approximate surface area is 115 Å². The number of hydrogen-bond donors (Lipinski definition) is 2. The van der Waals surface area contributed by atoms with Crippen LogP contribution in [-0.2, 0) is 4.79 Å². The molecule has 1 atom stereocenters. The maximum atomic E-state index is 11.8. The number of para-hydroxylation sites is 1. The molecule has 0 radical (unpaired) electrons. The van der Waals surface area contributed by atoms with E-state index in [0.717, 1.165) is 26.1 Å². The van der Waals surface area contributed by atoms with Gasteiger partial charge in [0, 0.05) is 32.2 Å². The molecule has 0 aliphatic carbocycles. The first-order chi connectivity index (χ1) is 9.25. The lowest BCUT2D eigenvalue weighted by molar-refractivity contribution is -0.121. The predicted octanol–water partition coefficient (Wildman–Crippen LogP) is 1.24. The second-order valence-corrected chi connectivity index (χ2v) is 5.17. The van der Waals surface area contributed by atoms with Crippen molar-refractivity contribution in [1.29, 1.82) is 0 Å². The highest BCUT2D eigenvalue weighted by molar-refractivity contribution is 5.76. The third-order valence-corrected chi connectivity index (χ3v) is 3.60. The zero-order valence-corrected chi connectivity index (χ0v) is 11.6. The molecule has 104 valence electrons. The normalized spacial score (nSPS) is 18.3. The van der Waals surface area contributed by atoms with Gasteiger partial charge in [0.1, 0.15) is 0 Å². The number of likely N-dealkylation sites (N-methyl/N-ethyl adjacent to an activating group) is 1. The average Bonchev–Trinajstić information content (AvgIpc) is 2.92. The lowest BCUT2D eigenvalue weighted by Gasteiger charge is -2.19. The summed E-state index contributed by atoms with van der Waals surface area (Å²) in [5.74, 6) is 0.696. The van der Waals surface area contributed by atoms with Gasteiger partial charge in [-0.2, -0.15) is 0 Å². The van der Waals surface area contributed by atoms with Crippen molar-refractivity contribution < 1.29 is 4.79 Å². The highest BCUT2D eigenvalue weighted by Gasteiger charge is 2.17. The van der Waals surface area contributed by atoms with Gasteiger partial charge in [-0.05, 0) is 37.6 Å². The van der Waals surface area contributed by atoms with Gasteiger partial charge in [-0.3, -0.25) is 4.79 Å². The summed E-state index contributed by atoms with van der Waals surface area (Å²) in [5, 5.41) is 6.29. The molecule has 0 aromatic heterocycles. The van der Waals surface area contributed by atoms with E-state index in [1.54, 1.807) is 0 Å². The molecule has 0 saturated carbocycles. The molecule has 4 heteroatoms. The third kappa shape index (κ3) is 4.56. The number of amides is 1. The first kappa shape index (κ1) is 13.9. The molecule has 2 rings (SSSR count). The molecule has 1 heterocycles. The standard InChI is InChI=1S/C15H23N3O/c1-18(14-5-3-2-4-6-14)10-9-17-15(19)11-13-7-8-16-12-13/h2-6,13,16H,7-12H2,1H3,(H,17,19). The first-order valence-electron chi connectivity index (χ1n) is 6.99. The highest BCUT2D eigenvalue weighted by Crippen LogP contribution is 2.12. The Balaban J connectivity index is 1.64. The minimum atomic E-state index is 0.176. The summed E-state index contributed by atoms with van der Waals surface area (Å²) in [6.07, 6.45) is 1.78. The summed E-state index contributed by atoms with van der Waals surface area (Å²) in [5.41, 5.74) is 1.18. The minimum absolute atomic E-state index is 0.176. The van der Waals surface area contributed by atoms with Gasteiger partial charge in [-0.15, -0.1) is 0 Å². The summed E-state index contributed by atoms with van der Waals surface area (Å²) in [7, 11) is 2.04. The van der Waals surface area contributed by atoms with Crippen LogP contribution in [0.25, 0.3) is 0 Å². The van der Waals surface area contributed by atoms with Crippen LogP contribution in [0, 0.1) is 5.92 Å². The molecule has 1 unspecified atom stereocenters. The quantitative estimate of drug-likeness (QED) is 0.810. The van der Waals surface area contributed by atoms with Gasteiger partial charge in [0.25, 0.3) is 0 Å². The van der Waals surface area contributed by atoms with Gasteiger partial charge in [0.05, 0.1) is 0 Å². The number of benzene rings is 1. The van der Waals surface area contributed by atoms with Gasteiger partial charge >= 0.3 is 0 Å². The summed E-state index contributed by atoms with van der Waals surface area (Å²) in [6, 6.07) is 10.2. The molecule has 19 heavy (non-hydrogen) atoms. The Morgan fingerprint density at radius 1 is 1.42 bits per heavy atom. The van der Waals surface area contributed by atoms with Crippen LogP contribution in [0.3, 0.4) is 0 Å². The third-order valence-electron chi connectivity index (χ3n) is 3.60. The molecule has 1 aliphatic rings. The molecule has 4 nitrogen and oxygen atoms in total. The number of anilines is 1. The zero-order chi connectivity index (χ0) is 13.5. The summed E-state index contributed by atoms with van der Waals surface area (Å²) >= 11 is 0. The van der Waals surface area contributed by atoms with Crippen LogP contribution in [0.5, 0.6) is 0 Å². The molecule has 0 bridgehead atoms. The van der Waals surface area contributed by atoms with E-state index < -0.39 is 0 Å². The smallest absolute Gasteiger partial charge is 0.220 e. The average molecular weight is 261 g/mol. The van der Waals surface area contributed by atoms with Crippen molar-refractivity contribution >= 4 is 11.6 Å². The number of rotatable bonds is 6. The maximum absolute atomic E-state index is 11.8. The largest absolute Gasteiger partial charge is 0.373 e. The van der Waals surface area contributed by atoms with Crippen molar-refractivity contribution in [2.45, 2.75) is 12.8 Å². The lowest BCUT2D eigenvalue weighted by Crippen LogP contribution is -2.34.